The van der Waals surface area contributed by atoms with Gasteiger partial charge >= 0.3 is 0 Å². The van der Waals surface area contributed by atoms with Crippen molar-refractivity contribution in [3.63, 3.8) is 0 Å². The number of rotatable bonds is 6. The molecule has 0 fully saturated rings. The Bertz CT molecular complexity index is 231. The predicted molar refractivity (Wildman–Crippen MR) is 64.3 cm³/mol. The van der Waals surface area contributed by atoms with Gasteiger partial charge in [0.1, 0.15) is 6.10 Å². The maximum absolute atomic E-state index is 10.9. The highest BCUT2D eigenvalue weighted by Gasteiger charge is 2.12. The molecule has 1 heterocycles. The Labute approximate surface area is 94.7 Å². The average molecular weight is 231 g/mol. The summed E-state index contributed by atoms with van der Waals surface area (Å²) >= 11 is 0. The summed E-state index contributed by atoms with van der Waals surface area (Å²) in [5, 5.41) is 3.41. The zero-order valence-electron chi connectivity index (χ0n) is 9.57. The van der Waals surface area contributed by atoms with Crippen LogP contribution in [-0.4, -0.2) is 34.9 Å². The Hall–Kier alpha value is -0.350. The number of hydrogen-bond acceptors (Lipinski definition) is 3. The summed E-state index contributed by atoms with van der Waals surface area (Å²) in [4.78, 5) is 0. The normalized spacial score (nSPS) is 24.5. The number of ether oxygens (including phenoxy) is 1. The molecule has 3 atom stereocenters. The first kappa shape index (κ1) is 12.7. The van der Waals surface area contributed by atoms with Crippen molar-refractivity contribution in [2.24, 2.45) is 0 Å². The number of allylic oxidation sites excluding steroid dienone is 1. The van der Waals surface area contributed by atoms with Gasteiger partial charge in [0, 0.05) is 35.4 Å². The Morgan fingerprint density at radius 2 is 2.47 bits per heavy atom. The lowest BCUT2D eigenvalue weighted by atomic mass is 10.1. The van der Waals surface area contributed by atoms with E-state index in [9.17, 15) is 4.21 Å². The van der Waals surface area contributed by atoms with Gasteiger partial charge < -0.3 is 10.1 Å². The van der Waals surface area contributed by atoms with Gasteiger partial charge in [-0.05, 0) is 32.3 Å². The van der Waals surface area contributed by atoms with Gasteiger partial charge in [-0.3, -0.25) is 4.21 Å². The van der Waals surface area contributed by atoms with E-state index in [-0.39, 0.29) is 0 Å². The van der Waals surface area contributed by atoms with Gasteiger partial charge in [-0.15, -0.1) is 0 Å². The first-order valence-corrected chi connectivity index (χ1v) is 7.25. The van der Waals surface area contributed by atoms with Crippen LogP contribution in [0.5, 0.6) is 0 Å². The Balaban J connectivity index is 2.07. The van der Waals surface area contributed by atoms with Gasteiger partial charge in [0.15, 0.2) is 0 Å². The van der Waals surface area contributed by atoms with E-state index in [0.29, 0.717) is 12.1 Å². The van der Waals surface area contributed by atoms with E-state index in [1.807, 2.05) is 0 Å². The largest absolute Gasteiger partial charge is 0.497 e. The van der Waals surface area contributed by atoms with E-state index in [1.165, 1.54) is 0 Å². The molecule has 1 aliphatic rings. The molecule has 0 bridgehead atoms. The molecule has 4 heteroatoms. The van der Waals surface area contributed by atoms with Crippen LogP contribution in [0, 0.1) is 0 Å². The summed E-state index contributed by atoms with van der Waals surface area (Å²) in [5.74, 6) is 0.777. The van der Waals surface area contributed by atoms with E-state index in [0.717, 1.165) is 31.6 Å². The fourth-order valence-electron chi connectivity index (χ4n) is 1.51. The van der Waals surface area contributed by atoms with Crippen LogP contribution in [0.2, 0.25) is 0 Å². The molecule has 3 nitrogen and oxygen atoms in total. The van der Waals surface area contributed by atoms with Crippen molar-refractivity contribution in [1.82, 2.24) is 5.32 Å². The van der Waals surface area contributed by atoms with Crippen molar-refractivity contribution in [3.05, 3.63) is 12.3 Å². The standard InChI is InChI=1S/C11H21NO2S/c1-10(6-8-15(2)13)12-9-11-5-3-4-7-14-11/h4,7,10-12H,3,5-6,8-9H2,1-2H3. The minimum Gasteiger partial charge on any atom is -0.497 e. The molecule has 1 aliphatic heterocycles. The summed E-state index contributed by atoms with van der Waals surface area (Å²) in [6.45, 7) is 3.02. The monoisotopic (exact) mass is 231 g/mol. The maximum atomic E-state index is 10.9. The van der Waals surface area contributed by atoms with Crippen LogP contribution in [0.1, 0.15) is 26.2 Å². The zero-order valence-corrected chi connectivity index (χ0v) is 10.4. The molecule has 0 amide bonds. The predicted octanol–water partition coefficient (Wildman–Crippen LogP) is 1.43. The molecule has 0 aromatic carbocycles. The maximum Gasteiger partial charge on any atom is 0.110 e. The lowest BCUT2D eigenvalue weighted by Gasteiger charge is -2.22. The molecule has 3 unspecified atom stereocenters. The van der Waals surface area contributed by atoms with Gasteiger partial charge in [0.05, 0.1) is 6.26 Å². The second-order valence-corrected chi connectivity index (χ2v) is 5.64. The fraction of sp³-hybridized carbons (Fsp3) is 0.818. The second kappa shape index (κ2) is 7.01. The molecule has 15 heavy (non-hydrogen) atoms. The van der Waals surface area contributed by atoms with E-state index in [1.54, 1.807) is 12.5 Å². The van der Waals surface area contributed by atoms with Gasteiger partial charge in [0.2, 0.25) is 0 Å². The SMILES string of the molecule is CC(CCS(C)=O)NCC1CCC=CO1. The molecule has 1 N–H and O–H groups in total. The van der Waals surface area contributed by atoms with E-state index < -0.39 is 10.8 Å². The lowest BCUT2D eigenvalue weighted by molar-refractivity contribution is 0.119. The van der Waals surface area contributed by atoms with E-state index in [2.05, 4.69) is 18.3 Å². The highest BCUT2D eigenvalue weighted by molar-refractivity contribution is 7.84. The summed E-state index contributed by atoms with van der Waals surface area (Å²) < 4.78 is 16.4. The minimum atomic E-state index is -0.677. The third kappa shape index (κ3) is 5.95. The Kier molecular flexibility index (Phi) is 5.95. The van der Waals surface area contributed by atoms with Crippen molar-refractivity contribution in [2.75, 3.05) is 18.6 Å². The molecule has 0 spiro atoms. The number of nitrogens with one attached hydrogen (secondary N) is 1. The van der Waals surface area contributed by atoms with Crippen LogP contribution in [0.3, 0.4) is 0 Å². The lowest BCUT2D eigenvalue weighted by Crippen LogP contribution is -2.35. The fourth-order valence-corrected chi connectivity index (χ4v) is 2.20. The van der Waals surface area contributed by atoms with Gasteiger partial charge in [-0.2, -0.15) is 0 Å². The zero-order chi connectivity index (χ0) is 11.1. The first-order chi connectivity index (χ1) is 7.18. The smallest absolute Gasteiger partial charge is 0.110 e. The Morgan fingerprint density at radius 1 is 1.67 bits per heavy atom. The van der Waals surface area contributed by atoms with E-state index >= 15 is 0 Å². The first-order valence-electron chi connectivity index (χ1n) is 5.52. The third-order valence-electron chi connectivity index (χ3n) is 2.55. The summed E-state index contributed by atoms with van der Waals surface area (Å²) in [6, 6.07) is 0.420. The van der Waals surface area contributed by atoms with Crippen LogP contribution in [-0.2, 0) is 15.5 Å². The molecule has 0 radical (unpaired) electrons. The van der Waals surface area contributed by atoms with Crippen molar-refractivity contribution in [2.45, 2.75) is 38.3 Å². The molecule has 0 aromatic heterocycles. The van der Waals surface area contributed by atoms with Gasteiger partial charge in [-0.25, -0.2) is 0 Å². The molecular weight excluding hydrogens is 210 g/mol. The van der Waals surface area contributed by atoms with Crippen LogP contribution < -0.4 is 5.32 Å². The van der Waals surface area contributed by atoms with Crippen molar-refractivity contribution < 1.29 is 8.95 Å². The molecule has 1 rings (SSSR count). The van der Waals surface area contributed by atoms with Gasteiger partial charge in [0.25, 0.3) is 0 Å². The quantitative estimate of drug-likeness (QED) is 0.751. The molecule has 88 valence electrons. The molecular formula is C11H21NO2S. The summed E-state index contributed by atoms with van der Waals surface area (Å²) in [5.41, 5.74) is 0. The van der Waals surface area contributed by atoms with Crippen molar-refractivity contribution >= 4 is 10.8 Å². The highest BCUT2D eigenvalue weighted by atomic mass is 32.2. The highest BCUT2D eigenvalue weighted by Crippen LogP contribution is 2.09. The van der Waals surface area contributed by atoms with Crippen LogP contribution in [0.25, 0.3) is 0 Å². The van der Waals surface area contributed by atoms with Crippen LogP contribution in [0.4, 0.5) is 0 Å². The topological polar surface area (TPSA) is 38.3 Å². The van der Waals surface area contributed by atoms with Crippen molar-refractivity contribution in [1.29, 1.82) is 0 Å². The summed E-state index contributed by atoms with van der Waals surface area (Å²) in [7, 11) is -0.677. The molecule has 0 saturated heterocycles. The summed E-state index contributed by atoms with van der Waals surface area (Å²) in [6.07, 6.45) is 9.08. The average Bonchev–Trinajstić information content (AvgIpc) is 2.25. The van der Waals surface area contributed by atoms with Crippen molar-refractivity contribution in [3.8, 4) is 0 Å². The Morgan fingerprint density at radius 3 is 3.07 bits per heavy atom. The van der Waals surface area contributed by atoms with Crippen LogP contribution >= 0.6 is 0 Å². The minimum absolute atomic E-state index is 0.310. The molecule has 0 aliphatic carbocycles. The third-order valence-corrected chi connectivity index (χ3v) is 3.37. The van der Waals surface area contributed by atoms with E-state index in [4.69, 9.17) is 4.74 Å². The van der Waals surface area contributed by atoms with Gasteiger partial charge in [-0.1, -0.05) is 0 Å². The second-order valence-electron chi connectivity index (χ2n) is 4.08. The molecule has 0 saturated carbocycles. The molecule has 0 aromatic rings. The number of hydrogen-bond donors (Lipinski definition) is 1. The van der Waals surface area contributed by atoms with Crippen LogP contribution in [0.15, 0.2) is 12.3 Å².